The number of primary amides is 1. The summed E-state index contributed by atoms with van der Waals surface area (Å²) in [4.78, 5) is 22.6. The first-order valence-electron chi connectivity index (χ1n) is 11.4. The Hall–Kier alpha value is -3.51. The molecule has 170 valence electrons. The molecule has 1 aliphatic heterocycles. The van der Waals surface area contributed by atoms with Crippen molar-refractivity contribution in [3.05, 3.63) is 82.8 Å². The predicted molar refractivity (Wildman–Crippen MR) is 134 cm³/mol. The molecule has 0 bridgehead atoms. The molecule has 1 aliphatic rings. The van der Waals surface area contributed by atoms with Crippen molar-refractivity contribution in [1.82, 2.24) is 14.9 Å². The zero-order chi connectivity index (χ0) is 23.4. The molecule has 1 amide bonds. The fraction of sp³-hybridized carbons (Fsp3) is 0.296. The molecule has 3 aromatic rings. The van der Waals surface area contributed by atoms with Crippen molar-refractivity contribution in [2.24, 2.45) is 5.73 Å². The minimum Gasteiger partial charge on any atom is -0.384 e. The number of nitrogen functional groups attached to an aromatic ring is 1. The van der Waals surface area contributed by atoms with Crippen LogP contribution in [0.2, 0.25) is 0 Å². The van der Waals surface area contributed by atoms with Crippen LogP contribution in [0.3, 0.4) is 0 Å². The van der Waals surface area contributed by atoms with E-state index < -0.39 is 0 Å². The Bertz CT molecular complexity index is 1140. The third-order valence-electron chi connectivity index (χ3n) is 6.40. The lowest BCUT2D eigenvalue weighted by Gasteiger charge is -2.32. The lowest BCUT2D eigenvalue weighted by Crippen LogP contribution is -2.34. The van der Waals surface area contributed by atoms with Crippen molar-refractivity contribution in [1.29, 1.82) is 0 Å². The van der Waals surface area contributed by atoms with E-state index in [9.17, 15) is 4.79 Å². The summed E-state index contributed by atoms with van der Waals surface area (Å²) in [5.74, 6) is 0.668. The fourth-order valence-corrected chi connectivity index (χ4v) is 4.57. The van der Waals surface area contributed by atoms with Gasteiger partial charge in [0.15, 0.2) is 0 Å². The van der Waals surface area contributed by atoms with Crippen molar-refractivity contribution in [3.8, 4) is 11.1 Å². The number of amides is 1. The predicted octanol–water partition coefficient (Wildman–Crippen LogP) is 4.42. The van der Waals surface area contributed by atoms with Gasteiger partial charge in [-0.3, -0.25) is 14.7 Å². The van der Waals surface area contributed by atoms with Crippen LogP contribution in [0.15, 0.2) is 60.4 Å². The van der Waals surface area contributed by atoms with E-state index in [0.29, 0.717) is 17.3 Å². The van der Waals surface area contributed by atoms with Crippen molar-refractivity contribution in [2.75, 3.05) is 25.4 Å². The van der Waals surface area contributed by atoms with Crippen LogP contribution >= 0.6 is 0 Å². The maximum atomic E-state index is 11.3. The lowest BCUT2D eigenvalue weighted by atomic mass is 9.88. The van der Waals surface area contributed by atoms with Gasteiger partial charge >= 0.3 is 0 Å². The highest BCUT2D eigenvalue weighted by Gasteiger charge is 2.21. The number of aromatic nitrogens is 2. The van der Waals surface area contributed by atoms with Gasteiger partial charge in [-0.1, -0.05) is 23.8 Å². The number of carbonyl (C=O) groups is 1. The van der Waals surface area contributed by atoms with Crippen LogP contribution in [0.1, 0.15) is 52.9 Å². The molecular weight excluding hydrogens is 410 g/mol. The number of nitrogens with two attached hydrogens (primary N) is 2. The molecule has 6 nitrogen and oxygen atoms in total. The standard InChI is InChI=1S/C27H31N5O/c1-18(15-25-19(2)30-12-9-24(25)23-7-8-26(28)31-16-23)17-32-13-10-21(11-14-32)20-3-5-22(6-4-20)27(29)33/h3-9,12,15-16,21H,10-11,13-14,17H2,1-2H3,(H2,28,31)(H2,29,33)/b18-15+. The maximum absolute atomic E-state index is 11.3. The normalized spacial score (nSPS) is 15.5. The Morgan fingerprint density at radius 3 is 2.45 bits per heavy atom. The summed E-state index contributed by atoms with van der Waals surface area (Å²) < 4.78 is 0. The van der Waals surface area contributed by atoms with Crippen LogP contribution < -0.4 is 11.5 Å². The van der Waals surface area contributed by atoms with Crippen LogP contribution in [-0.2, 0) is 0 Å². The van der Waals surface area contributed by atoms with Gasteiger partial charge < -0.3 is 11.5 Å². The number of nitrogens with zero attached hydrogens (tertiary/aromatic N) is 3. The summed E-state index contributed by atoms with van der Waals surface area (Å²) in [5.41, 5.74) is 18.6. The van der Waals surface area contributed by atoms with E-state index in [1.807, 2.05) is 61.8 Å². The molecule has 0 saturated carbocycles. The number of piperidine rings is 1. The molecule has 4 rings (SSSR count). The molecule has 0 aliphatic carbocycles. The fourth-order valence-electron chi connectivity index (χ4n) is 4.57. The molecule has 0 spiro atoms. The molecule has 0 radical (unpaired) electrons. The van der Waals surface area contributed by atoms with Gasteiger partial charge in [0, 0.05) is 41.3 Å². The molecule has 2 aromatic heterocycles. The van der Waals surface area contributed by atoms with Crippen molar-refractivity contribution >= 4 is 17.8 Å². The van der Waals surface area contributed by atoms with Gasteiger partial charge in [0.1, 0.15) is 5.82 Å². The van der Waals surface area contributed by atoms with Gasteiger partial charge in [0.05, 0.1) is 0 Å². The molecule has 3 heterocycles. The number of hydrogen-bond donors (Lipinski definition) is 2. The molecule has 33 heavy (non-hydrogen) atoms. The first kappa shape index (κ1) is 22.7. The highest BCUT2D eigenvalue weighted by atomic mass is 16.1. The number of benzene rings is 1. The highest BCUT2D eigenvalue weighted by Crippen LogP contribution is 2.30. The number of anilines is 1. The first-order chi connectivity index (χ1) is 15.9. The number of likely N-dealkylation sites (tertiary alicyclic amines) is 1. The van der Waals surface area contributed by atoms with Gasteiger partial charge in [-0.05, 0) is 87.2 Å². The second-order valence-electron chi connectivity index (χ2n) is 8.86. The maximum Gasteiger partial charge on any atom is 0.248 e. The van der Waals surface area contributed by atoms with Gasteiger partial charge in [0.2, 0.25) is 5.91 Å². The summed E-state index contributed by atoms with van der Waals surface area (Å²) >= 11 is 0. The molecule has 0 atom stereocenters. The second kappa shape index (κ2) is 9.96. The van der Waals surface area contributed by atoms with E-state index in [1.165, 1.54) is 11.1 Å². The third-order valence-corrected chi connectivity index (χ3v) is 6.40. The van der Waals surface area contributed by atoms with E-state index in [2.05, 4.69) is 27.9 Å². The van der Waals surface area contributed by atoms with Gasteiger partial charge in [0.25, 0.3) is 0 Å². The Kier molecular flexibility index (Phi) is 6.84. The van der Waals surface area contributed by atoms with E-state index in [-0.39, 0.29) is 5.91 Å². The summed E-state index contributed by atoms with van der Waals surface area (Å²) in [6.07, 6.45) is 8.13. The number of aryl methyl sites for hydroxylation is 1. The number of pyridine rings is 2. The first-order valence-corrected chi connectivity index (χ1v) is 11.4. The Morgan fingerprint density at radius 1 is 1.09 bits per heavy atom. The van der Waals surface area contributed by atoms with E-state index in [1.54, 1.807) is 0 Å². The van der Waals surface area contributed by atoms with Crippen molar-refractivity contribution in [2.45, 2.75) is 32.6 Å². The van der Waals surface area contributed by atoms with Crippen LogP contribution in [0.5, 0.6) is 0 Å². The monoisotopic (exact) mass is 441 g/mol. The second-order valence-corrected chi connectivity index (χ2v) is 8.86. The van der Waals surface area contributed by atoms with Gasteiger partial charge in [-0.2, -0.15) is 0 Å². The van der Waals surface area contributed by atoms with Crippen LogP contribution in [0, 0.1) is 6.92 Å². The van der Waals surface area contributed by atoms with Gasteiger partial charge in [-0.25, -0.2) is 4.98 Å². The highest BCUT2D eigenvalue weighted by molar-refractivity contribution is 5.92. The lowest BCUT2D eigenvalue weighted by molar-refractivity contribution is 0.1000. The van der Waals surface area contributed by atoms with Crippen LogP contribution in [0.25, 0.3) is 17.2 Å². The summed E-state index contributed by atoms with van der Waals surface area (Å²) in [7, 11) is 0. The zero-order valence-electron chi connectivity index (χ0n) is 19.3. The molecule has 1 fully saturated rings. The quantitative estimate of drug-likeness (QED) is 0.590. The average Bonchev–Trinajstić information content (AvgIpc) is 2.81. The molecule has 6 heteroatoms. The minimum absolute atomic E-state index is 0.377. The Morgan fingerprint density at radius 2 is 1.82 bits per heavy atom. The van der Waals surface area contributed by atoms with Crippen LogP contribution in [0.4, 0.5) is 5.82 Å². The molecule has 1 saturated heterocycles. The summed E-state index contributed by atoms with van der Waals surface area (Å²) in [6.45, 7) is 7.26. The third kappa shape index (κ3) is 5.46. The number of hydrogen-bond acceptors (Lipinski definition) is 5. The number of rotatable bonds is 6. The zero-order valence-corrected chi connectivity index (χ0v) is 19.3. The largest absolute Gasteiger partial charge is 0.384 e. The summed E-state index contributed by atoms with van der Waals surface area (Å²) in [6, 6.07) is 13.6. The summed E-state index contributed by atoms with van der Waals surface area (Å²) in [5, 5.41) is 0. The Labute approximate surface area is 195 Å². The topological polar surface area (TPSA) is 98.1 Å². The molecular formula is C27H31N5O. The minimum atomic E-state index is -0.377. The van der Waals surface area contributed by atoms with Crippen molar-refractivity contribution < 1.29 is 4.79 Å². The average molecular weight is 442 g/mol. The van der Waals surface area contributed by atoms with Gasteiger partial charge in [-0.15, -0.1) is 0 Å². The van der Waals surface area contributed by atoms with Crippen molar-refractivity contribution in [3.63, 3.8) is 0 Å². The number of carbonyl (C=O) groups excluding carboxylic acids is 1. The smallest absolute Gasteiger partial charge is 0.248 e. The molecule has 1 aromatic carbocycles. The van der Waals surface area contributed by atoms with E-state index in [4.69, 9.17) is 11.5 Å². The molecule has 4 N–H and O–H groups in total. The SMILES string of the molecule is C/C(=C\c1c(-c2ccc(N)nc2)ccnc1C)CN1CCC(c2ccc(C(N)=O)cc2)CC1. The van der Waals surface area contributed by atoms with Crippen LogP contribution in [-0.4, -0.2) is 40.4 Å². The van der Waals surface area contributed by atoms with E-state index in [0.717, 1.165) is 54.9 Å². The molecule has 0 unspecified atom stereocenters. The Balaban J connectivity index is 1.42. The van der Waals surface area contributed by atoms with E-state index >= 15 is 0 Å².